The van der Waals surface area contributed by atoms with E-state index in [1.807, 2.05) is 0 Å². The van der Waals surface area contributed by atoms with E-state index in [1.165, 1.54) is 0 Å². The van der Waals surface area contributed by atoms with E-state index < -0.39 is 0 Å². The second-order valence-corrected chi connectivity index (χ2v) is 5.98. The highest BCUT2D eigenvalue weighted by molar-refractivity contribution is 5.02. The predicted octanol–water partition coefficient (Wildman–Crippen LogP) is 1.62. The minimum Gasteiger partial charge on any atom is -0.381 e. The Hall–Kier alpha value is -0.120. The predicted molar refractivity (Wildman–Crippen MR) is 68.4 cm³/mol. The third-order valence-corrected chi connectivity index (χ3v) is 4.33. The average molecular weight is 228 g/mol. The van der Waals surface area contributed by atoms with E-state index in [2.05, 4.69) is 33.0 Å². The van der Waals surface area contributed by atoms with Gasteiger partial charge in [0, 0.05) is 18.6 Å². The third kappa shape index (κ3) is 2.76. The van der Waals surface area contributed by atoms with E-state index in [1.54, 1.807) is 7.11 Å². The first-order valence-electron chi connectivity index (χ1n) is 6.39. The molecular formula is C13H28N2O. The van der Waals surface area contributed by atoms with Crippen molar-refractivity contribution in [3.63, 3.8) is 0 Å². The Labute approximate surface area is 100 Å². The molecule has 0 heterocycles. The molecule has 3 unspecified atom stereocenters. The van der Waals surface area contributed by atoms with Gasteiger partial charge in [0.2, 0.25) is 0 Å². The minimum atomic E-state index is 0.255. The van der Waals surface area contributed by atoms with Gasteiger partial charge in [-0.2, -0.15) is 0 Å². The molecule has 0 aromatic heterocycles. The summed E-state index contributed by atoms with van der Waals surface area (Å²) >= 11 is 0. The summed E-state index contributed by atoms with van der Waals surface area (Å²) in [6.07, 6.45) is 1.53. The van der Waals surface area contributed by atoms with E-state index in [0.717, 1.165) is 19.5 Å². The van der Waals surface area contributed by atoms with Crippen LogP contribution in [0.5, 0.6) is 0 Å². The standard InChI is InChI=1S/C13H28N2O/c1-9(2)10(7-14)8-15-11-6-12(16-5)13(11,3)4/h9-12,15H,6-8,14H2,1-5H3. The highest BCUT2D eigenvalue weighted by atomic mass is 16.5. The Balaban J connectivity index is 2.35. The quantitative estimate of drug-likeness (QED) is 0.726. The van der Waals surface area contributed by atoms with Crippen LogP contribution in [-0.4, -0.2) is 32.3 Å². The Bertz CT molecular complexity index is 216. The lowest BCUT2D eigenvalue weighted by atomic mass is 9.64. The molecule has 1 fully saturated rings. The van der Waals surface area contributed by atoms with E-state index >= 15 is 0 Å². The summed E-state index contributed by atoms with van der Waals surface area (Å²) < 4.78 is 5.45. The van der Waals surface area contributed by atoms with E-state index in [-0.39, 0.29) is 5.41 Å². The van der Waals surface area contributed by atoms with Gasteiger partial charge in [-0.25, -0.2) is 0 Å². The molecule has 1 saturated carbocycles. The molecule has 3 N–H and O–H groups in total. The van der Waals surface area contributed by atoms with E-state index in [4.69, 9.17) is 10.5 Å². The lowest BCUT2D eigenvalue weighted by Crippen LogP contribution is -2.61. The Morgan fingerprint density at radius 1 is 1.44 bits per heavy atom. The van der Waals surface area contributed by atoms with Crippen molar-refractivity contribution < 1.29 is 4.74 Å². The second kappa shape index (κ2) is 5.48. The van der Waals surface area contributed by atoms with Gasteiger partial charge >= 0.3 is 0 Å². The Kier molecular flexibility index (Phi) is 4.77. The van der Waals surface area contributed by atoms with Crippen molar-refractivity contribution in [3.05, 3.63) is 0 Å². The molecule has 3 atom stereocenters. The number of methoxy groups -OCH3 is 1. The largest absolute Gasteiger partial charge is 0.381 e. The molecule has 96 valence electrons. The summed E-state index contributed by atoms with van der Waals surface area (Å²) in [6.45, 7) is 10.8. The molecule has 0 bridgehead atoms. The van der Waals surface area contributed by atoms with Crippen LogP contribution in [0.1, 0.15) is 34.1 Å². The molecule has 0 aromatic carbocycles. The summed E-state index contributed by atoms with van der Waals surface area (Å²) in [5.41, 5.74) is 6.03. The summed E-state index contributed by atoms with van der Waals surface area (Å²) in [7, 11) is 1.81. The smallest absolute Gasteiger partial charge is 0.0652 e. The maximum absolute atomic E-state index is 5.78. The first-order valence-corrected chi connectivity index (χ1v) is 6.39. The van der Waals surface area contributed by atoms with Crippen LogP contribution in [0.4, 0.5) is 0 Å². The number of nitrogens with two attached hydrogens (primary N) is 1. The number of hydrogen-bond donors (Lipinski definition) is 2. The van der Waals surface area contributed by atoms with Crippen LogP contribution >= 0.6 is 0 Å². The highest BCUT2D eigenvalue weighted by Gasteiger charge is 2.48. The molecule has 0 saturated heterocycles. The summed E-state index contributed by atoms with van der Waals surface area (Å²) in [4.78, 5) is 0. The number of ether oxygens (including phenoxy) is 1. The molecule has 0 spiro atoms. The van der Waals surface area contributed by atoms with Crippen molar-refractivity contribution in [1.82, 2.24) is 5.32 Å². The lowest BCUT2D eigenvalue weighted by Gasteiger charge is -2.52. The van der Waals surface area contributed by atoms with Crippen LogP contribution < -0.4 is 11.1 Å². The molecule has 0 aromatic rings. The van der Waals surface area contributed by atoms with Crippen molar-refractivity contribution in [1.29, 1.82) is 0 Å². The third-order valence-electron chi connectivity index (χ3n) is 4.33. The van der Waals surface area contributed by atoms with E-state index in [0.29, 0.717) is 24.0 Å². The van der Waals surface area contributed by atoms with Crippen molar-refractivity contribution >= 4 is 0 Å². The first-order chi connectivity index (χ1) is 7.43. The van der Waals surface area contributed by atoms with Crippen LogP contribution in [0.25, 0.3) is 0 Å². The monoisotopic (exact) mass is 228 g/mol. The van der Waals surface area contributed by atoms with Gasteiger partial charge in [-0.05, 0) is 31.3 Å². The van der Waals surface area contributed by atoms with Gasteiger partial charge in [0.05, 0.1) is 6.10 Å². The maximum atomic E-state index is 5.78. The van der Waals surface area contributed by atoms with Gasteiger partial charge in [-0.3, -0.25) is 0 Å². The number of rotatable bonds is 6. The molecule has 3 heteroatoms. The zero-order chi connectivity index (χ0) is 12.3. The molecular weight excluding hydrogens is 200 g/mol. The number of nitrogens with one attached hydrogen (secondary N) is 1. The molecule has 0 amide bonds. The fourth-order valence-electron chi connectivity index (χ4n) is 2.52. The number of hydrogen-bond acceptors (Lipinski definition) is 3. The van der Waals surface area contributed by atoms with Crippen LogP contribution in [-0.2, 0) is 4.74 Å². The summed E-state index contributed by atoms with van der Waals surface area (Å²) in [5, 5.41) is 3.65. The van der Waals surface area contributed by atoms with Crippen LogP contribution in [0, 0.1) is 17.3 Å². The van der Waals surface area contributed by atoms with Gasteiger partial charge in [0.15, 0.2) is 0 Å². The average Bonchev–Trinajstić information content (AvgIpc) is 2.21. The fraction of sp³-hybridized carbons (Fsp3) is 1.00. The lowest BCUT2D eigenvalue weighted by molar-refractivity contribution is -0.0982. The van der Waals surface area contributed by atoms with Gasteiger partial charge in [-0.1, -0.05) is 27.7 Å². The van der Waals surface area contributed by atoms with Gasteiger partial charge in [0.25, 0.3) is 0 Å². The Morgan fingerprint density at radius 2 is 2.06 bits per heavy atom. The zero-order valence-electron chi connectivity index (χ0n) is 11.4. The van der Waals surface area contributed by atoms with Gasteiger partial charge in [-0.15, -0.1) is 0 Å². The topological polar surface area (TPSA) is 47.3 Å². The summed E-state index contributed by atoms with van der Waals surface area (Å²) in [5.74, 6) is 1.23. The van der Waals surface area contributed by atoms with Crippen molar-refractivity contribution in [2.75, 3.05) is 20.2 Å². The van der Waals surface area contributed by atoms with E-state index in [9.17, 15) is 0 Å². The van der Waals surface area contributed by atoms with Crippen molar-refractivity contribution in [3.8, 4) is 0 Å². The van der Waals surface area contributed by atoms with Crippen LogP contribution in [0.2, 0.25) is 0 Å². The molecule has 3 nitrogen and oxygen atoms in total. The normalized spacial score (nSPS) is 30.2. The van der Waals surface area contributed by atoms with Crippen molar-refractivity contribution in [2.24, 2.45) is 23.0 Å². The van der Waals surface area contributed by atoms with Gasteiger partial charge in [0.1, 0.15) is 0 Å². The SMILES string of the molecule is COC1CC(NCC(CN)C(C)C)C1(C)C. The van der Waals surface area contributed by atoms with Crippen LogP contribution in [0.3, 0.4) is 0 Å². The van der Waals surface area contributed by atoms with Gasteiger partial charge < -0.3 is 15.8 Å². The van der Waals surface area contributed by atoms with Crippen LogP contribution in [0.15, 0.2) is 0 Å². The fourth-order valence-corrected chi connectivity index (χ4v) is 2.52. The molecule has 1 rings (SSSR count). The second-order valence-electron chi connectivity index (χ2n) is 5.98. The minimum absolute atomic E-state index is 0.255. The Morgan fingerprint density at radius 3 is 2.44 bits per heavy atom. The summed E-state index contributed by atoms with van der Waals surface area (Å²) in [6, 6.07) is 0.574. The molecule has 16 heavy (non-hydrogen) atoms. The van der Waals surface area contributed by atoms with Crippen molar-refractivity contribution in [2.45, 2.75) is 46.3 Å². The molecule has 0 radical (unpaired) electrons. The molecule has 1 aliphatic rings. The highest BCUT2D eigenvalue weighted by Crippen LogP contribution is 2.42. The zero-order valence-corrected chi connectivity index (χ0v) is 11.4. The maximum Gasteiger partial charge on any atom is 0.0652 e. The molecule has 0 aliphatic heterocycles. The first kappa shape index (κ1) is 13.9. The molecule has 1 aliphatic carbocycles.